The highest BCUT2D eigenvalue weighted by molar-refractivity contribution is 7.10. The summed E-state index contributed by atoms with van der Waals surface area (Å²) in [6.45, 7) is 0. The monoisotopic (exact) mass is 268 g/mol. The Bertz CT molecular complexity index is 642. The third-order valence-electron chi connectivity index (χ3n) is 3.30. The summed E-state index contributed by atoms with van der Waals surface area (Å²) >= 11 is 1.70. The Morgan fingerprint density at radius 3 is 3.00 bits per heavy atom. The Kier molecular flexibility index (Phi) is 3.06. The predicted molar refractivity (Wildman–Crippen MR) is 75.0 cm³/mol. The van der Waals surface area contributed by atoms with E-state index in [0.717, 1.165) is 6.42 Å². The van der Waals surface area contributed by atoms with Crippen molar-refractivity contribution in [1.29, 1.82) is 5.26 Å². The van der Waals surface area contributed by atoms with Crippen molar-refractivity contribution in [3.05, 3.63) is 52.2 Å². The highest BCUT2D eigenvalue weighted by Gasteiger charge is 2.44. The maximum absolute atomic E-state index is 12.1. The summed E-state index contributed by atoms with van der Waals surface area (Å²) in [7, 11) is 0. The van der Waals surface area contributed by atoms with Crippen molar-refractivity contribution in [3.63, 3.8) is 0 Å². The van der Waals surface area contributed by atoms with Gasteiger partial charge in [0.2, 0.25) is 5.91 Å². The van der Waals surface area contributed by atoms with Crippen molar-refractivity contribution >= 4 is 22.9 Å². The first-order valence-corrected chi connectivity index (χ1v) is 7.00. The summed E-state index contributed by atoms with van der Waals surface area (Å²) in [5.41, 5.74) is 1.25. The van der Waals surface area contributed by atoms with E-state index in [2.05, 4.69) is 17.5 Å². The lowest BCUT2D eigenvalue weighted by Gasteiger charge is -2.04. The molecule has 0 saturated heterocycles. The highest BCUT2D eigenvalue weighted by atomic mass is 32.1. The molecule has 0 bridgehead atoms. The van der Waals surface area contributed by atoms with Gasteiger partial charge in [-0.1, -0.05) is 12.1 Å². The average Bonchev–Trinajstić information content (AvgIpc) is 3.05. The van der Waals surface area contributed by atoms with Gasteiger partial charge in [0.1, 0.15) is 0 Å². The van der Waals surface area contributed by atoms with Gasteiger partial charge in [-0.15, -0.1) is 11.3 Å². The van der Waals surface area contributed by atoms with Gasteiger partial charge in [0.05, 0.1) is 11.6 Å². The van der Waals surface area contributed by atoms with Crippen LogP contribution in [0.2, 0.25) is 0 Å². The number of amides is 1. The average molecular weight is 268 g/mol. The summed E-state index contributed by atoms with van der Waals surface area (Å²) in [5, 5.41) is 13.7. The molecule has 1 aromatic carbocycles. The van der Waals surface area contributed by atoms with Crippen LogP contribution < -0.4 is 5.32 Å². The largest absolute Gasteiger partial charge is 0.326 e. The van der Waals surface area contributed by atoms with E-state index >= 15 is 0 Å². The van der Waals surface area contributed by atoms with Crippen LogP contribution in [0.5, 0.6) is 0 Å². The van der Waals surface area contributed by atoms with Gasteiger partial charge in [0.25, 0.3) is 0 Å². The normalized spacial score (nSPS) is 20.6. The minimum Gasteiger partial charge on any atom is -0.326 e. The van der Waals surface area contributed by atoms with Crippen molar-refractivity contribution in [3.8, 4) is 6.07 Å². The van der Waals surface area contributed by atoms with Crippen LogP contribution in [0.25, 0.3) is 0 Å². The van der Waals surface area contributed by atoms with Crippen molar-refractivity contribution < 1.29 is 4.79 Å². The predicted octanol–water partition coefficient (Wildman–Crippen LogP) is 3.36. The molecule has 0 aliphatic heterocycles. The van der Waals surface area contributed by atoms with Gasteiger partial charge in [-0.05, 0) is 36.1 Å². The maximum atomic E-state index is 12.1. The molecule has 1 N–H and O–H groups in total. The van der Waals surface area contributed by atoms with Crippen LogP contribution in [-0.4, -0.2) is 5.91 Å². The topological polar surface area (TPSA) is 52.9 Å². The summed E-state index contributed by atoms with van der Waals surface area (Å²) < 4.78 is 0. The van der Waals surface area contributed by atoms with Crippen LogP contribution in [0.1, 0.15) is 22.8 Å². The fraction of sp³-hybridized carbons (Fsp3) is 0.200. The molecule has 3 rings (SSSR count). The molecule has 1 saturated carbocycles. The number of nitriles is 1. The highest BCUT2D eigenvalue weighted by Crippen LogP contribution is 2.49. The Balaban J connectivity index is 1.65. The smallest absolute Gasteiger partial charge is 0.228 e. The third-order valence-corrected chi connectivity index (χ3v) is 4.30. The number of benzene rings is 1. The van der Waals surface area contributed by atoms with E-state index in [1.807, 2.05) is 11.4 Å². The number of carbonyl (C=O) groups excluding carboxylic acids is 1. The number of rotatable bonds is 3. The molecule has 3 nitrogen and oxygen atoms in total. The van der Waals surface area contributed by atoms with Crippen molar-refractivity contribution in [2.24, 2.45) is 5.92 Å². The van der Waals surface area contributed by atoms with Crippen molar-refractivity contribution in [2.45, 2.75) is 12.3 Å². The zero-order valence-electron chi connectivity index (χ0n) is 10.2. The van der Waals surface area contributed by atoms with Gasteiger partial charge >= 0.3 is 0 Å². The molecule has 1 amide bonds. The molecule has 1 aliphatic rings. The minimum atomic E-state index is 0.0495. The molecule has 0 radical (unpaired) electrons. The molecule has 19 heavy (non-hydrogen) atoms. The SMILES string of the molecule is N#Cc1cccc(NC(=O)C2CC2c2cccs2)c1. The lowest BCUT2D eigenvalue weighted by atomic mass is 10.2. The summed E-state index contributed by atoms with van der Waals surface area (Å²) in [6, 6.07) is 13.2. The number of hydrogen-bond acceptors (Lipinski definition) is 3. The fourth-order valence-corrected chi connectivity index (χ4v) is 3.11. The number of thiophene rings is 1. The van der Waals surface area contributed by atoms with Crippen molar-refractivity contribution in [2.75, 3.05) is 5.32 Å². The zero-order valence-corrected chi connectivity index (χ0v) is 11.0. The van der Waals surface area contributed by atoms with E-state index in [-0.39, 0.29) is 11.8 Å². The molecule has 1 aliphatic carbocycles. The Hall–Kier alpha value is -2.12. The zero-order chi connectivity index (χ0) is 13.2. The maximum Gasteiger partial charge on any atom is 0.228 e. The van der Waals surface area contributed by atoms with Crippen LogP contribution in [0.3, 0.4) is 0 Å². The number of carbonyl (C=O) groups is 1. The molecule has 1 fully saturated rings. The van der Waals surface area contributed by atoms with Crippen LogP contribution in [0.4, 0.5) is 5.69 Å². The third kappa shape index (κ3) is 2.51. The molecular formula is C15H12N2OS. The lowest BCUT2D eigenvalue weighted by Crippen LogP contribution is -2.14. The standard InChI is InChI=1S/C15H12N2OS/c16-9-10-3-1-4-11(7-10)17-15(18)13-8-12(13)14-5-2-6-19-14/h1-7,12-13H,8H2,(H,17,18). The Morgan fingerprint density at radius 2 is 2.26 bits per heavy atom. The van der Waals surface area contributed by atoms with E-state index in [4.69, 9.17) is 5.26 Å². The van der Waals surface area contributed by atoms with Gasteiger partial charge in [-0.25, -0.2) is 0 Å². The van der Waals surface area contributed by atoms with E-state index in [1.165, 1.54) is 4.88 Å². The molecule has 2 aromatic rings. The van der Waals surface area contributed by atoms with Crippen LogP contribution >= 0.6 is 11.3 Å². The van der Waals surface area contributed by atoms with Crippen LogP contribution in [0, 0.1) is 17.2 Å². The van der Waals surface area contributed by atoms with Crippen molar-refractivity contribution in [1.82, 2.24) is 0 Å². The molecule has 2 unspecified atom stereocenters. The van der Waals surface area contributed by atoms with Gasteiger partial charge in [-0.2, -0.15) is 5.26 Å². The second kappa shape index (κ2) is 4.87. The number of anilines is 1. The number of hydrogen-bond donors (Lipinski definition) is 1. The molecule has 1 heterocycles. The summed E-state index contributed by atoms with van der Waals surface area (Å²) in [6.07, 6.45) is 0.921. The minimum absolute atomic E-state index is 0.0495. The molecule has 94 valence electrons. The Morgan fingerprint density at radius 1 is 1.37 bits per heavy atom. The first kappa shape index (κ1) is 11.9. The molecule has 1 aromatic heterocycles. The molecule has 2 atom stereocenters. The lowest BCUT2D eigenvalue weighted by molar-refractivity contribution is -0.117. The van der Waals surface area contributed by atoms with Gasteiger partial charge < -0.3 is 5.32 Å². The van der Waals surface area contributed by atoms with Crippen LogP contribution in [0.15, 0.2) is 41.8 Å². The second-order valence-corrected chi connectivity index (χ2v) is 5.63. The Labute approximate surface area is 115 Å². The van der Waals surface area contributed by atoms with Crippen LogP contribution in [-0.2, 0) is 4.79 Å². The van der Waals surface area contributed by atoms with E-state index in [9.17, 15) is 4.79 Å². The van der Waals surface area contributed by atoms with E-state index in [1.54, 1.807) is 35.6 Å². The molecular weight excluding hydrogens is 256 g/mol. The second-order valence-electron chi connectivity index (χ2n) is 4.65. The summed E-state index contributed by atoms with van der Waals surface area (Å²) in [4.78, 5) is 13.4. The number of nitrogens with zero attached hydrogens (tertiary/aromatic N) is 1. The van der Waals surface area contributed by atoms with E-state index < -0.39 is 0 Å². The van der Waals surface area contributed by atoms with Gasteiger partial charge in [0, 0.05) is 22.4 Å². The number of nitrogens with one attached hydrogen (secondary N) is 1. The molecule has 4 heteroatoms. The first-order chi connectivity index (χ1) is 9.28. The van der Waals surface area contributed by atoms with Gasteiger partial charge in [0.15, 0.2) is 0 Å². The quantitative estimate of drug-likeness (QED) is 0.928. The van der Waals surface area contributed by atoms with Gasteiger partial charge in [-0.3, -0.25) is 4.79 Å². The van der Waals surface area contributed by atoms with E-state index in [0.29, 0.717) is 17.2 Å². The summed E-state index contributed by atoms with van der Waals surface area (Å²) in [5.74, 6) is 0.497. The first-order valence-electron chi connectivity index (χ1n) is 6.12. The molecule has 0 spiro atoms. The fourth-order valence-electron chi connectivity index (χ4n) is 2.20.